The van der Waals surface area contributed by atoms with Gasteiger partial charge >= 0.3 is 0 Å². The van der Waals surface area contributed by atoms with Crippen molar-refractivity contribution in [3.05, 3.63) is 46.0 Å². The van der Waals surface area contributed by atoms with Crippen LogP contribution in [0.25, 0.3) is 0 Å². The third-order valence-corrected chi connectivity index (χ3v) is 5.45. The Morgan fingerprint density at radius 3 is 2.37 bits per heavy atom. The van der Waals surface area contributed by atoms with Gasteiger partial charge in [-0.1, -0.05) is 23.7 Å². The fraction of sp³-hybridized carbons (Fsp3) is 0.524. The SMILES string of the molecule is CC1CN(C(=O)c2ccc(CNC(=O)C3=C(Cl)CCCC3)cc2)CC(C)O1. The zero-order valence-electron chi connectivity index (χ0n) is 16.0. The van der Waals surface area contributed by atoms with Gasteiger partial charge in [0, 0.05) is 35.8 Å². The standard InChI is InChI=1S/C21H27ClN2O3/c1-14-12-24(13-15(2)27-14)21(26)17-9-7-16(8-10-17)11-23-20(25)18-5-3-4-6-19(18)22/h7-10,14-15H,3-6,11-13H2,1-2H3,(H,23,25). The predicted octanol–water partition coefficient (Wildman–Crippen LogP) is 3.62. The number of hydrogen-bond donors (Lipinski definition) is 1. The fourth-order valence-corrected chi connectivity index (χ4v) is 4.00. The van der Waals surface area contributed by atoms with Crippen molar-refractivity contribution in [2.24, 2.45) is 0 Å². The van der Waals surface area contributed by atoms with Gasteiger partial charge in [0.2, 0.25) is 5.91 Å². The Labute approximate surface area is 165 Å². The van der Waals surface area contributed by atoms with Crippen molar-refractivity contribution in [3.63, 3.8) is 0 Å². The zero-order valence-corrected chi connectivity index (χ0v) is 16.7. The number of benzene rings is 1. The average molecular weight is 391 g/mol. The topological polar surface area (TPSA) is 58.6 Å². The molecule has 27 heavy (non-hydrogen) atoms. The normalized spacial score (nSPS) is 23.3. The molecular formula is C21H27ClN2O3. The van der Waals surface area contributed by atoms with Gasteiger partial charge in [-0.3, -0.25) is 9.59 Å². The van der Waals surface area contributed by atoms with Crippen LogP contribution in [0.15, 0.2) is 34.9 Å². The number of amides is 2. The van der Waals surface area contributed by atoms with Gasteiger partial charge < -0.3 is 15.0 Å². The molecule has 1 aliphatic heterocycles. The Kier molecular flexibility index (Phi) is 6.55. The second-order valence-electron chi connectivity index (χ2n) is 7.44. The molecule has 1 aromatic carbocycles. The second kappa shape index (κ2) is 8.89. The molecule has 0 radical (unpaired) electrons. The van der Waals surface area contributed by atoms with E-state index in [0.29, 0.717) is 35.8 Å². The Morgan fingerprint density at radius 1 is 1.11 bits per heavy atom. The van der Waals surface area contributed by atoms with E-state index in [4.69, 9.17) is 16.3 Å². The first-order valence-corrected chi connectivity index (χ1v) is 10.0. The monoisotopic (exact) mass is 390 g/mol. The minimum Gasteiger partial charge on any atom is -0.372 e. The van der Waals surface area contributed by atoms with Crippen molar-refractivity contribution in [3.8, 4) is 0 Å². The van der Waals surface area contributed by atoms with Gasteiger partial charge in [0.05, 0.1) is 12.2 Å². The van der Waals surface area contributed by atoms with Gasteiger partial charge in [0.1, 0.15) is 0 Å². The molecule has 1 fully saturated rings. The molecule has 146 valence electrons. The molecule has 1 aromatic rings. The van der Waals surface area contributed by atoms with Crippen molar-refractivity contribution >= 4 is 23.4 Å². The molecule has 0 saturated carbocycles. The molecule has 1 N–H and O–H groups in total. The Balaban J connectivity index is 1.57. The lowest BCUT2D eigenvalue weighted by Gasteiger charge is -2.35. The summed E-state index contributed by atoms with van der Waals surface area (Å²) in [6, 6.07) is 7.41. The fourth-order valence-electron chi connectivity index (χ4n) is 3.69. The van der Waals surface area contributed by atoms with E-state index in [2.05, 4.69) is 5.32 Å². The minimum absolute atomic E-state index is 0.0201. The molecule has 2 aliphatic rings. The van der Waals surface area contributed by atoms with Crippen molar-refractivity contribution in [2.75, 3.05) is 13.1 Å². The number of ether oxygens (including phenoxy) is 1. The lowest BCUT2D eigenvalue weighted by Crippen LogP contribution is -2.48. The third-order valence-electron chi connectivity index (χ3n) is 5.04. The second-order valence-corrected chi connectivity index (χ2v) is 7.89. The van der Waals surface area contributed by atoms with Crippen LogP contribution in [0.4, 0.5) is 0 Å². The number of carbonyl (C=O) groups is 2. The van der Waals surface area contributed by atoms with Crippen LogP contribution in [0.3, 0.4) is 0 Å². The summed E-state index contributed by atoms with van der Waals surface area (Å²) < 4.78 is 5.69. The maximum Gasteiger partial charge on any atom is 0.254 e. The van der Waals surface area contributed by atoms with Gasteiger partial charge in [0.15, 0.2) is 0 Å². The Bertz CT molecular complexity index is 719. The summed E-state index contributed by atoms with van der Waals surface area (Å²) in [6.45, 7) is 5.60. The first kappa shape index (κ1) is 19.9. The summed E-state index contributed by atoms with van der Waals surface area (Å²) in [5.74, 6) is -0.0668. The summed E-state index contributed by atoms with van der Waals surface area (Å²) >= 11 is 6.18. The van der Waals surface area contributed by atoms with Gasteiger partial charge in [0.25, 0.3) is 5.91 Å². The molecule has 6 heteroatoms. The number of morpholine rings is 1. The molecule has 1 aliphatic carbocycles. The average Bonchev–Trinajstić information content (AvgIpc) is 2.65. The van der Waals surface area contributed by atoms with Crippen LogP contribution in [0.1, 0.15) is 55.5 Å². The quantitative estimate of drug-likeness (QED) is 0.854. The molecule has 2 atom stereocenters. The lowest BCUT2D eigenvalue weighted by atomic mass is 9.98. The highest BCUT2D eigenvalue weighted by molar-refractivity contribution is 6.32. The van der Waals surface area contributed by atoms with E-state index in [9.17, 15) is 9.59 Å². The van der Waals surface area contributed by atoms with E-state index in [0.717, 1.165) is 31.2 Å². The lowest BCUT2D eigenvalue weighted by molar-refractivity contribution is -0.117. The Morgan fingerprint density at radius 2 is 1.74 bits per heavy atom. The third kappa shape index (κ3) is 5.11. The maximum atomic E-state index is 12.7. The van der Waals surface area contributed by atoms with Crippen LogP contribution in [0.5, 0.6) is 0 Å². The summed E-state index contributed by atoms with van der Waals surface area (Å²) in [5, 5.41) is 3.62. The predicted molar refractivity (Wildman–Crippen MR) is 106 cm³/mol. The van der Waals surface area contributed by atoms with Crippen molar-refractivity contribution < 1.29 is 14.3 Å². The molecule has 1 saturated heterocycles. The highest BCUT2D eigenvalue weighted by atomic mass is 35.5. The zero-order chi connectivity index (χ0) is 19.4. The van der Waals surface area contributed by atoms with Crippen molar-refractivity contribution in [1.29, 1.82) is 0 Å². The number of hydrogen-bond acceptors (Lipinski definition) is 3. The highest BCUT2D eigenvalue weighted by Gasteiger charge is 2.26. The van der Waals surface area contributed by atoms with Crippen molar-refractivity contribution in [2.45, 2.75) is 58.3 Å². The number of nitrogens with zero attached hydrogens (tertiary/aromatic N) is 1. The van der Waals surface area contributed by atoms with Crippen LogP contribution >= 0.6 is 11.6 Å². The van der Waals surface area contributed by atoms with E-state index in [1.807, 2.05) is 43.0 Å². The molecular weight excluding hydrogens is 364 g/mol. The number of halogens is 1. The minimum atomic E-state index is -0.0869. The first-order chi connectivity index (χ1) is 12.9. The number of nitrogens with one attached hydrogen (secondary N) is 1. The van der Waals surface area contributed by atoms with E-state index in [1.54, 1.807) is 0 Å². The molecule has 0 bridgehead atoms. The van der Waals surface area contributed by atoms with E-state index in [1.165, 1.54) is 0 Å². The summed E-state index contributed by atoms with van der Waals surface area (Å²) in [7, 11) is 0. The maximum absolute atomic E-state index is 12.7. The van der Waals surface area contributed by atoms with Gasteiger partial charge in [-0.05, 0) is 57.2 Å². The van der Waals surface area contributed by atoms with Crippen LogP contribution in [-0.4, -0.2) is 42.0 Å². The summed E-state index contributed by atoms with van der Waals surface area (Å²) in [4.78, 5) is 26.8. The molecule has 2 amide bonds. The summed E-state index contributed by atoms with van der Waals surface area (Å²) in [5.41, 5.74) is 2.32. The van der Waals surface area contributed by atoms with Gasteiger partial charge in [-0.25, -0.2) is 0 Å². The largest absolute Gasteiger partial charge is 0.372 e. The first-order valence-electron chi connectivity index (χ1n) is 9.63. The van der Waals surface area contributed by atoms with E-state index in [-0.39, 0.29) is 24.0 Å². The van der Waals surface area contributed by atoms with E-state index >= 15 is 0 Å². The van der Waals surface area contributed by atoms with Crippen LogP contribution < -0.4 is 5.32 Å². The number of allylic oxidation sites excluding steroid dienone is 1. The smallest absolute Gasteiger partial charge is 0.254 e. The molecule has 5 nitrogen and oxygen atoms in total. The molecule has 0 spiro atoms. The van der Waals surface area contributed by atoms with Gasteiger partial charge in [-0.2, -0.15) is 0 Å². The Hall–Kier alpha value is -1.85. The van der Waals surface area contributed by atoms with Crippen molar-refractivity contribution in [1.82, 2.24) is 10.2 Å². The molecule has 1 heterocycles. The van der Waals surface area contributed by atoms with Gasteiger partial charge in [-0.15, -0.1) is 0 Å². The van der Waals surface area contributed by atoms with Crippen LogP contribution in [-0.2, 0) is 16.1 Å². The molecule has 2 unspecified atom stereocenters. The number of carbonyl (C=O) groups excluding carboxylic acids is 2. The van der Waals surface area contributed by atoms with Crippen LogP contribution in [0.2, 0.25) is 0 Å². The van der Waals surface area contributed by atoms with Crippen LogP contribution in [0, 0.1) is 0 Å². The number of rotatable bonds is 4. The molecule has 3 rings (SSSR count). The van der Waals surface area contributed by atoms with E-state index < -0.39 is 0 Å². The summed E-state index contributed by atoms with van der Waals surface area (Å²) in [6.07, 6.45) is 3.69. The highest BCUT2D eigenvalue weighted by Crippen LogP contribution is 2.27. The molecule has 0 aromatic heterocycles.